The Kier molecular flexibility index (Phi) is 5.28. The highest BCUT2D eigenvalue weighted by Gasteiger charge is 2.36. The molecule has 1 saturated carbocycles. The molecule has 0 unspecified atom stereocenters. The summed E-state index contributed by atoms with van der Waals surface area (Å²) >= 11 is 0. The zero-order valence-corrected chi connectivity index (χ0v) is 15.7. The highest BCUT2D eigenvalue weighted by Crippen LogP contribution is 2.43. The molecule has 1 N–H and O–H groups in total. The van der Waals surface area contributed by atoms with Crippen LogP contribution < -0.4 is 4.90 Å². The topological polar surface area (TPSA) is 49.8 Å². The minimum Gasteiger partial charge on any atom is -0.385 e. The normalized spacial score (nSPS) is 19.7. The first kappa shape index (κ1) is 18.2. The number of ether oxygens (including phenoxy) is 1. The zero-order valence-electron chi connectivity index (χ0n) is 15.7. The van der Waals surface area contributed by atoms with Crippen LogP contribution in [-0.4, -0.2) is 37.2 Å². The van der Waals surface area contributed by atoms with Crippen LogP contribution in [-0.2, 0) is 10.3 Å². The first-order valence-electron chi connectivity index (χ1n) is 9.97. The molecule has 2 aromatic carbocycles. The summed E-state index contributed by atoms with van der Waals surface area (Å²) in [5.74, 6) is 0.0124. The van der Waals surface area contributed by atoms with E-state index in [4.69, 9.17) is 4.74 Å². The van der Waals surface area contributed by atoms with Gasteiger partial charge in [0.05, 0.1) is 24.5 Å². The first-order valence-corrected chi connectivity index (χ1v) is 9.97. The van der Waals surface area contributed by atoms with Gasteiger partial charge in [0, 0.05) is 29.8 Å². The Bertz CT molecular complexity index is 791. The molecule has 0 atom stereocenters. The number of nitrogens with zero attached hydrogens (tertiary/aromatic N) is 1. The summed E-state index contributed by atoms with van der Waals surface area (Å²) in [7, 11) is 0. The van der Waals surface area contributed by atoms with Gasteiger partial charge in [-0.25, -0.2) is 0 Å². The second-order valence-corrected chi connectivity index (χ2v) is 7.59. The maximum Gasteiger partial charge on any atom is 0.195 e. The maximum absolute atomic E-state index is 13.3. The van der Waals surface area contributed by atoms with Crippen molar-refractivity contribution < 1.29 is 14.6 Å². The van der Waals surface area contributed by atoms with Crippen LogP contribution in [0.1, 0.15) is 53.6 Å². The lowest BCUT2D eigenvalue weighted by molar-refractivity contribution is -0.000451. The molecule has 2 aromatic rings. The molecule has 1 heterocycles. The Labute approximate surface area is 160 Å². The summed E-state index contributed by atoms with van der Waals surface area (Å²) in [6.45, 7) is 2.77. The van der Waals surface area contributed by atoms with Crippen LogP contribution in [0.5, 0.6) is 0 Å². The van der Waals surface area contributed by atoms with Crippen molar-refractivity contribution >= 4 is 11.5 Å². The third-order valence-corrected chi connectivity index (χ3v) is 5.83. The van der Waals surface area contributed by atoms with Gasteiger partial charge in [-0.15, -0.1) is 0 Å². The van der Waals surface area contributed by atoms with Crippen molar-refractivity contribution in [2.45, 2.75) is 37.7 Å². The fourth-order valence-electron chi connectivity index (χ4n) is 4.38. The van der Waals surface area contributed by atoms with Gasteiger partial charge >= 0.3 is 0 Å². The molecular weight excluding hydrogens is 338 g/mol. The van der Waals surface area contributed by atoms with Crippen molar-refractivity contribution in [3.8, 4) is 0 Å². The van der Waals surface area contributed by atoms with E-state index in [2.05, 4.69) is 4.90 Å². The van der Waals surface area contributed by atoms with Crippen LogP contribution in [0, 0.1) is 0 Å². The molecule has 0 bridgehead atoms. The minimum absolute atomic E-state index is 0.0124. The molecule has 1 saturated heterocycles. The van der Waals surface area contributed by atoms with E-state index in [9.17, 15) is 9.90 Å². The van der Waals surface area contributed by atoms with Gasteiger partial charge in [0.15, 0.2) is 5.78 Å². The second-order valence-electron chi connectivity index (χ2n) is 7.59. The van der Waals surface area contributed by atoms with Crippen molar-refractivity contribution in [1.29, 1.82) is 0 Å². The van der Waals surface area contributed by atoms with Crippen molar-refractivity contribution in [2.75, 3.05) is 31.2 Å². The molecular formula is C23H27NO3. The minimum atomic E-state index is -0.848. The molecule has 4 rings (SSSR count). The molecule has 0 aromatic heterocycles. The molecule has 142 valence electrons. The van der Waals surface area contributed by atoms with Crippen LogP contribution in [0.15, 0.2) is 48.5 Å². The Morgan fingerprint density at radius 3 is 2.33 bits per heavy atom. The summed E-state index contributed by atoms with van der Waals surface area (Å²) in [5.41, 5.74) is 2.32. The molecule has 2 aliphatic rings. The molecule has 0 spiro atoms. The average Bonchev–Trinajstić information content (AvgIpc) is 2.74. The maximum atomic E-state index is 13.3. The zero-order chi connectivity index (χ0) is 18.7. The van der Waals surface area contributed by atoms with Gasteiger partial charge in [-0.1, -0.05) is 61.7 Å². The van der Waals surface area contributed by atoms with E-state index < -0.39 is 5.60 Å². The lowest BCUT2D eigenvalue weighted by Crippen LogP contribution is -2.40. The Hall–Kier alpha value is -2.17. The Morgan fingerprint density at radius 1 is 0.926 bits per heavy atom. The Morgan fingerprint density at radius 2 is 1.63 bits per heavy atom. The van der Waals surface area contributed by atoms with Gasteiger partial charge in [-0.05, 0) is 18.9 Å². The number of carbonyl (C=O) groups excluding carboxylic acids is 1. The third kappa shape index (κ3) is 3.64. The number of rotatable bonds is 4. The van der Waals surface area contributed by atoms with Gasteiger partial charge in [0.2, 0.25) is 0 Å². The van der Waals surface area contributed by atoms with Crippen LogP contribution in [0.2, 0.25) is 0 Å². The Balaban J connectivity index is 1.83. The van der Waals surface area contributed by atoms with Crippen LogP contribution >= 0.6 is 0 Å². The first-order chi connectivity index (χ1) is 13.2. The number of hydrogen-bond acceptors (Lipinski definition) is 4. The number of benzene rings is 2. The highest BCUT2D eigenvalue weighted by molar-refractivity contribution is 6.12. The molecule has 1 aliphatic heterocycles. The van der Waals surface area contributed by atoms with Gasteiger partial charge in [-0.3, -0.25) is 4.79 Å². The van der Waals surface area contributed by atoms with Crippen LogP contribution in [0.25, 0.3) is 0 Å². The summed E-state index contributed by atoms with van der Waals surface area (Å²) in [5, 5.41) is 11.5. The molecule has 0 amide bonds. The van der Waals surface area contributed by atoms with Gasteiger partial charge in [0.1, 0.15) is 0 Å². The van der Waals surface area contributed by atoms with Gasteiger partial charge in [-0.2, -0.15) is 0 Å². The monoisotopic (exact) mass is 365 g/mol. The lowest BCUT2D eigenvalue weighted by atomic mass is 9.77. The average molecular weight is 365 g/mol. The number of hydrogen-bond donors (Lipinski definition) is 1. The molecule has 4 nitrogen and oxygen atoms in total. The summed E-state index contributed by atoms with van der Waals surface area (Å²) in [6.07, 6.45) is 4.73. The fraction of sp³-hybridized carbons (Fsp3) is 0.435. The van der Waals surface area contributed by atoms with Crippen molar-refractivity contribution in [3.05, 3.63) is 65.2 Å². The second kappa shape index (κ2) is 7.83. The number of morpholine rings is 1. The smallest absolute Gasteiger partial charge is 0.195 e. The van der Waals surface area contributed by atoms with Crippen molar-refractivity contribution in [1.82, 2.24) is 0 Å². The van der Waals surface area contributed by atoms with E-state index in [1.54, 1.807) is 0 Å². The van der Waals surface area contributed by atoms with Crippen LogP contribution in [0.4, 0.5) is 5.69 Å². The molecule has 4 heteroatoms. The lowest BCUT2D eigenvalue weighted by Gasteiger charge is -2.39. The summed E-state index contributed by atoms with van der Waals surface area (Å²) < 4.78 is 5.53. The van der Waals surface area contributed by atoms with Crippen LogP contribution in [0.3, 0.4) is 0 Å². The number of anilines is 1. The van der Waals surface area contributed by atoms with Gasteiger partial charge < -0.3 is 14.7 Å². The molecule has 27 heavy (non-hydrogen) atoms. The predicted octanol–water partition coefficient (Wildman–Crippen LogP) is 3.91. The van der Waals surface area contributed by atoms with E-state index >= 15 is 0 Å². The van der Waals surface area contributed by atoms with E-state index in [0.29, 0.717) is 24.3 Å². The third-order valence-electron chi connectivity index (χ3n) is 5.83. The van der Waals surface area contributed by atoms with E-state index in [1.807, 2.05) is 48.5 Å². The number of para-hydroxylation sites is 1. The van der Waals surface area contributed by atoms with E-state index in [0.717, 1.165) is 56.4 Å². The summed E-state index contributed by atoms with van der Waals surface area (Å²) in [6, 6.07) is 15.2. The number of carbonyl (C=O) groups is 1. The van der Waals surface area contributed by atoms with Crippen molar-refractivity contribution in [2.24, 2.45) is 0 Å². The van der Waals surface area contributed by atoms with Crippen molar-refractivity contribution in [3.63, 3.8) is 0 Å². The SMILES string of the molecule is O=C(c1ccccc1)c1cccc(C2(O)CCCCC2)c1N1CCOCC1. The highest BCUT2D eigenvalue weighted by atomic mass is 16.5. The number of ketones is 1. The fourth-order valence-corrected chi connectivity index (χ4v) is 4.38. The predicted molar refractivity (Wildman–Crippen MR) is 106 cm³/mol. The van der Waals surface area contributed by atoms with Gasteiger partial charge in [0.25, 0.3) is 0 Å². The molecule has 2 fully saturated rings. The van der Waals surface area contributed by atoms with E-state index in [-0.39, 0.29) is 5.78 Å². The molecule has 0 radical (unpaired) electrons. The standard InChI is InChI=1S/C23H27NO3/c25-22(18-8-3-1-4-9-18)19-10-7-11-20(23(26)12-5-2-6-13-23)21(19)24-14-16-27-17-15-24/h1,3-4,7-11,26H,2,5-6,12-17H2. The largest absolute Gasteiger partial charge is 0.385 e. The summed E-state index contributed by atoms with van der Waals surface area (Å²) in [4.78, 5) is 15.5. The molecule has 1 aliphatic carbocycles. The van der Waals surface area contributed by atoms with E-state index in [1.165, 1.54) is 0 Å². The quantitative estimate of drug-likeness (QED) is 0.835. The number of aliphatic hydroxyl groups is 1.